The summed E-state index contributed by atoms with van der Waals surface area (Å²) in [6.07, 6.45) is 2.60. The van der Waals surface area contributed by atoms with Crippen LogP contribution < -0.4 is 0 Å². The van der Waals surface area contributed by atoms with Crippen molar-refractivity contribution in [2.45, 2.75) is 45.2 Å². The van der Waals surface area contributed by atoms with Gasteiger partial charge in [-0.25, -0.2) is 0 Å². The molecule has 1 aliphatic rings. The molecule has 0 radical (unpaired) electrons. The molecule has 1 saturated carbocycles. The Hall–Kier alpha value is -1.35. The number of carboxylic acids is 1. The van der Waals surface area contributed by atoms with Crippen molar-refractivity contribution in [3.63, 3.8) is 0 Å². The summed E-state index contributed by atoms with van der Waals surface area (Å²) in [6.45, 7) is 5.36. The molecule has 2 rings (SSSR count). The summed E-state index contributed by atoms with van der Waals surface area (Å²) in [6, 6.07) is 10.6. The zero-order chi connectivity index (χ0) is 13.8. The Bertz CT molecular complexity index is 412. The van der Waals surface area contributed by atoms with Crippen LogP contribution in [0.5, 0.6) is 0 Å². The fraction of sp³-hybridized carbons (Fsp3) is 0.562. The maximum atomic E-state index is 11.2. The third kappa shape index (κ3) is 4.06. The lowest BCUT2D eigenvalue weighted by atomic mass is 10.0. The molecule has 104 valence electrons. The monoisotopic (exact) mass is 261 g/mol. The molecule has 1 atom stereocenters. The smallest absolute Gasteiger partial charge is 0.305 e. The van der Waals surface area contributed by atoms with E-state index >= 15 is 0 Å². The summed E-state index contributed by atoms with van der Waals surface area (Å²) in [5, 5.41) is 9.20. The number of hydrogen-bond donors (Lipinski definition) is 1. The molecule has 3 heteroatoms. The van der Waals surface area contributed by atoms with Crippen LogP contribution in [0.15, 0.2) is 30.3 Å². The van der Waals surface area contributed by atoms with E-state index in [0.717, 1.165) is 12.1 Å². The summed E-state index contributed by atoms with van der Waals surface area (Å²) in [5.41, 5.74) is 1.12. The van der Waals surface area contributed by atoms with Crippen molar-refractivity contribution in [2.75, 3.05) is 6.54 Å². The lowest BCUT2D eigenvalue weighted by molar-refractivity contribution is -0.138. The topological polar surface area (TPSA) is 40.5 Å². The van der Waals surface area contributed by atoms with Crippen LogP contribution in [0.25, 0.3) is 0 Å². The van der Waals surface area contributed by atoms with E-state index in [0.29, 0.717) is 12.0 Å². The predicted octanol–water partition coefficient (Wildman–Crippen LogP) is 3.32. The van der Waals surface area contributed by atoms with Gasteiger partial charge in [-0.15, -0.1) is 0 Å². The van der Waals surface area contributed by atoms with Crippen molar-refractivity contribution in [1.82, 2.24) is 4.90 Å². The van der Waals surface area contributed by atoms with Gasteiger partial charge in [0.1, 0.15) is 0 Å². The van der Waals surface area contributed by atoms with Gasteiger partial charge in [-0.1, -0.05) is 44.2 Å². The third-order valence-corrected chi connectivity index (χ3v) is 3.54. The number of aliphatic carboxylic acids is 1. The summed E-state index contributed by atoms with van der Waals surface area (Å²) in [7, 11) is 0. The van der Waals surface area contributed by atoms with E-state index in [-0.39, 0.29) is 12.5 Å². The second kappa shape index (κ2) is 6.20. The van der Waals surface area contributed by atoms with Crippen LogP contribution in [0, 0.1) is 5.92 Å². The van der Waals surface area contributed by atoms with Gasteiger partial charge < -0.3 is 5.11 Å². The first-order chi connectivity index (χ1) is 9.08. The molecule has 1 aromatic carbocycles. The van der Waals surface area contributed by atoms with Gasteiger partial charge in [0.2, 0.25) is 0 Å². The van der Waals surface area contributed by atoms with Gasteiger partial charge in [-0.2, -0.15) is 0 Å². The van der Waals surface area contributed by atoms with Gasteiger partial charge in [0, 0.05) is 18.6 Å². The number of nitrogens with zero attached hydrogens (tertiary/aromatic N) is 1. The maximum absolute atomic E-state index is 11.2. The highest BCUT2D eigenvalue weighted by Crippen LogP contribution is 2.36. The summed E-state index contributed by atoms with van der Waals surface area (Å²) in [4.78, 5) is 13.6. The molecule has 0 aromatic heterocycles. The van der Waals surface area contributed by atoms with E-state index in [9.17, 15) is 9.90 Å². The van der Waals surface area contributed by atoms with Gasteiger partial charge in [-0.05, 0) is 24.3 Å². The van der Waals surface area contributed by atoms with E-state index in [1.807, 2.05) is 30.3 Å². The zero-order valence-corrected chi connectivity index (χ0v) is 11.7. The minimum absolute atomic E-state index is 0.00796. The summed E-state index contributed by atoms with van der Waals surface area (Å²) < 4.78 is 0. The average Bonchev–Trinajstić information content (AvgIpc) is 3.18. The summed E-state index contributed by atoms with van der Waals surface area (Å²) in [5.74, 6) is -0.163. The number of carbonyl (C=O) groups is 1. The van der Waals surface area contributed by atoms with Gasteiger partial charge >= 0.3 is 5.97 Å². The molecule has 1 aliphatic carbocycles. The van der Waals surface area contributed by atoms with Crippen LogP contribution in [0.1, 0.15) is 44.7 Å². The third-order valence-electron chi connectivity index (χ3n) is 3.54. The molecular formula is C16H23NO2. The quantitative estimate of drug-likeness (QED) is 0.818. The lowest BCUT2D eigenvalue weighted by Gasteiger charge is -2.32. The van der Waals surface area contributed by atoms with E-state index in [2.05, 4.69) is 18.7 Å². The molecule has 0 heterocycles. The van der Waals surface area contributed by atoms with Crippen molar-refractivity contribution >= 4 is 5.97 Å². The van der Waals surface area contributed by atoms with Gasteiger partial charge in [0.25, 0.3) is 0 Å². The largest absolute Gasteiger partial charge is 0.481 e. The molecule has 0 spiro atoms. The van der Waals surface area contributed by atoms with E-state index < -0.39 is 5.97 Å². The number of hydrogen-bond acceptors (Lipinski definition) is 2. The van der Waals surface area contributed by atoms with Gasteiger partial charge in [0.05, 0.1) is 6.42 Å². The highest BCUT2D eigenvalue weighted by atomic mass is 16.4. The summed E-state index contributed by atoms with van der Waals surface area (Å²) >= 11 is 0. The van der Waals surface area contributed by atoms with Crippen LogP contribution >= 0.6 is 0 Å². The van der Waals surface area contributed by atoms with Crippen molar-refractivity contribution in [1.29, 1.82) is 0 Å². The van der Waals surface area contributed by atoms with Crippen LogP contribution in [-0.2, 0) is 4.79 Å². The molecule has 19 heavy (non-hydrogen) atoms. The first kappa shape index (κ1) is 14.1. The van der Waals surface area contributed by atoms with Crippen LogP contribution in [-0.4, -0.2) is 28.6 Å². The molecule has 0 bridgehead atoms. The highest BCUT2D eigenvalue weighted by Gasteiger charge is 2.35. The van der Waals surface area contributed by atoms with E-state index in [4.69, 9.17) is 0 Å². The predicted molar refractivity (Wildman–Crippen MR) is 76.0 cm³/mol. The van der Waals surface area contributed by atoms with E-state index in [1.54, 1.807) is 0 Å². The molecule has 1 N–H and O–H groups in total. The minimum atomic E-state index is -0.719. The molecule has 1 unspecified atom stereocenters. The molecule has 0 amide bonds. The number of benzene rings is 1. The van der Waals surface area contributed by atoms with Crippen molar-refractivity contribution < 1.29 is 9.90 Å². The Morgan fingerprint density at radius 1 is 1.32 bits per heavy atom. The minimum Gasteiger partial charge on any atom is -0.481 e. The first-order valence-electron chi connectivity index (χ1n) is 7.10. The fourth-order valence-corrected chi connectivity index (χ4v) is 2.63. The first-order valence-corrected chi connectivity index (χ1v) is 7.10. The Kier molecular flexibility index (Phi) is 4.59. The van der Waals surface area contributed by atoms with Crippen LogP contribution in [0.4, 0.5) is 0 Å². The zero-order valence-electron chi connectivity index (χ0n) is 11.7. The average molecular weight is 261 g/mol. The molecule has 1 fully saturated rings. The molecule has 0 aliphatic heterocycles. The maximum Gasteiger partial charge on any atom is 0.305 e. The SMILES string of the molecule is CC(C)CN(C1CC1)C(CC(=O)O)c1ccccc1. The van der Waals surface area contributed by atoms with Crippen molar-refractivity contribution in [2.24, 2.45) is 5.92 Å². The normalized spacial score (nSPS) is 16.8. The van der Waals surface area contributed by atoms with E-state index in [1.165, 1.54) is 12.8 Å². The highest BCUT2D eigenvalue weighted by molar-refractivity contribution is 5.68. The second-order valence-electron chi connectivity index (χ2n) is 5.85. The Labute approximate surface area is 115 Å². The van der Waals surface area contributed by atoms with Crippen LogP contribution in [0.3, 0.4) is 0 Å². The lowest BCUT2D eigenvalue weighted by Crippen LogP contribution is -2.35. The van der Waals surface area contributed by atoms with Crippen molar-refractivity contribution in [3.8, 4) is 0 Å². The molecule has 1 aromatic rings. The fourth-order valence-electron chi connectivity index (χ4n) is 2.63. The number of carboxylic acid groups (broad SMARTS) is 1. The Morgan fingerprint density at radius 2 is 1.95 bits per heavy atom. The molecule has 0 saturated heterocycles. The van der Waals surface area contributed by atoms with Crippen molar-refractivity contribution in [3.05, 3.63) is 35.9 Å². The second-order valence-corrected chi connectivity index (χ2v) is 5.85. The number of rotatable bonds is 7. The Morgan fingerprint density at radius 3 is 2.42 bits per heavy atom. The Balaban J connectivity index is 2.21. The standard InChI is InChI=1S/C16H23NO2/c1-12(2)11-17(14-8-9-14)15(10-16(18)19)13-6-4-3-5-7-13/h3-7,12,14-15H,8-11H2,1-2H3,(H,18,19). The molecule has 3 nitrogen and oxygen atoms in total. The molecular weight excluding hydrogens is 238 g/mol. The van der Waals surface area contributed by atoms with Gasteiger partial charge in [-0.3, -0.25) is 9.69 Å². The van der Waals surface area contributed by atoms with Gasteiger partial charge in [0.15, 0.2) is 0 Å². The van der Waals surface area contributed by atoms with Crippen LogP contribution in [0.2, 0.25) is 0 Å².